The molecule has 1 saturated heterocycles. The van der Waals surface area contributed by atoms with Gasteiger partial charge in [-0.15, -0.1) is 0 Å². The Balaban J connectivity index is 1.89. The summed E-state index contributed by atoms with van der Waals surface area (Å²) in [5.41, 5.74) is 1.19. The second-order valence-electron chi connectivity index (χ2n) is 4.64. The zero-order chi connectivity index (χ0) is 14.8. The molecule has 21 heavy (non-hydrogen) atoms. The van der Waals surface area contributed by atoms with Crippen LogP contribution in [0.25, 0.3) is 0 Å². The minimum atomic E-state index is -0.817. The maximum Gasteiger partial charge on any atom is 0.339 e. The van der Waals surface area contributed by atoms with Crippen LogP contribution in [0.2, 0.25) is 0 Å². The summed E-state index contributed by atoms with van der Waals surface area (Å²) in [6.07, 6.45) is 0. The first-order valence-electron chi connectivity index (χ1n) is 6.47. The predicted octanol–water partition coefficient (Wildman–Crippen LogP) is 2.18. The second kappa shape index (κ2) is 5.20. The lowest BCUT2D eigenvalue weighted by Gasteiger charge is -2.15. The van der Waals surface area contributed by atoms with Gasteiger partial charge >= 0.3 is 17.8 Å². The van der Waals surface area contributed by atoms with Crippen LogP contribution in [-0.2, 0) is 16.1 Å². The molecule has 1 aliphatic heterocycles. The standard InChI is InChI=1S/C16H12N2O3/c19-14-15(20)18(13-9-5-2-6-10-13)16(21)17(14)11-12-7-3-1-4-8-12/h1-10H,11H2. The number of imide groups is 2. The fourth-order valence-electron chi connectivity index (χ4n) is 2.22. The van der Waals surface area contributed by atoms with E-state index in [1.807, 2.05) is 18.2 Å². The minimum absolute atomic E-state index is 0.0909. The molecule has 4 amide bonds. The van der Waals surface area contributed by atoms with Crippen LogP contribution in [0.4, 0.5) is 10.5 Å². The average molecular weight is 280 g/mol. The van der Waals surface area contributed by atoms with Gasteiger partial charge in [0.1, 0.15) is 0 Å². The fourth-order valence-corrected chi connectivity index (χ4v) is 2.22. The van der Waals surface area contributed by atoms with E-state index in [0.29, 0.717) is 5.69 Å². The highest BCUT2D eigenvalue weighted by Crippen LogP contribution is 2.23. The molecule has 0 aliphatic carbocycles. The zero-order valence-electron chi connectivity index (χ0n) is 11.1. The number of carbonyl (C=O) groups excluding carboxylic acids is 3. The quantitative estimate of drug-likeness (QED) is 0.639. The summed E-state index contributed by atoms with van der Waals surface area (Å²) in [4.78, 5) is 38.3. The molecule has 3 rings (SSSR count). The van der Waals surface area contributed by atoms with Crippen molar-refractivity contribution in [2.45, 2.75) is 6.54 Å². The topological polar surface area (TPSA) is 57.7 Å². The molecular weight excluding hydrogens is 268 g/mol. The van der Waals surface area contributed by atoms with Crippen molar-refractivity contribution in [3.63, 3.8) is 0 Å². The number of rotatable bonds is 3. The molecule has 0 saturated carbocycles. The molecule has 0 atom stereocenters. The summed E-state index contributed by atoms with van der Waals surface area (Å²) < 4.78 is 0. The van der Waals surface area contributed by atoms with Crippen LogP contribution in [0, 0.1) is 0 Å². The highest BCUT2D eigenvalue weighted by atomic mass is 16.2. The molecule has 1 fully saturated rings. The Labute approximate surface area is 121 Å². The number of hydrogen-bond donors (Lipinski definition) is 0. The van der Waals surface area contributed by atoms with Gasteiger partial charge in [0.15, 0.2) is 0 Å². The average Bonchev–Trinajstić information content (AvgIpc) is 2.73. The molecule has 1 heterocycles. The van der Waals surface area contributed by atoms with Gasteiger partial charge in [-0.3, -0.25) is 14.5 Å². The highest BCUT2D eigenvalue weighted by molar-refractivity contribution is 6.52. The molecule has 0 aromatic heterocycles. The van der Waals surface area contributed by atoms with E-state index in [9.17, 15) is 14.4 Å². The van der Waals surface area contributed by atoms with E-state index in [1.165, 1.54) is 0 Å². The van der Waals surface area contributed by atoms with Crippen molar-refractivity contribution in [2.24, 2.45) is 0 Å². The van der Waals surface area contributed by atoms with Crippen molar-refractivity contribution in [3.8, 4) is 0 Å². The molecule has 104 valence electrons. The maximum absolute atomic E-state index is 12.3. The van der Waals surface area contributed by atoms with Gasteiger partial charge in [0.25, 0.3) is 0 Å². The van der Waals surface area contributed by atoms with Crippen LogP contribution in [0.15, 0.2) is 60.7 Å². The molecule has 5 nitrogen and oxygen atoms in total. The zero-order valence-corrected chi connectivity index (χ0v) is 11.1. The Morgan fingerprint density at radius 2 is 1.29 bits per heavy atom. The maximum atomic E-state index is 12.3. The van der Waals surface area contributed by atoms with Crippen molar-refractivity contribution in [3.05, 3.63) is 66.2 Å². The van der Waals surface area contributed by atoms with Crippen molar-refractivity contribution in [2.75, 3.05) is 4.90 Å². The summed E-state index contributed by atoms with van der Waals surface area (Å²) in [6, 6.07) is 16.9. The van der Waals surface area contributed by atoms with Crippen molar-refractivity contribution in [1.29, 1.82) is 0 Å². The second-order valence-corrected chi connectivity index (χ2v) is 4.64. The minimum Gasteiger partial charge on any atom is -0.263 e. The monoisotopic (exact) mass is 280 g/mol. The third-order valence-corrected chi connectivity index (χ3v) is 3.25. The van der Waals surface area contributed by atoms with Crippen LogP contribution >= 0.6 is 0 Å². The molecule has 0 spiro atoms. The van der Waals surface area contributed by atoms with Crippen molar-refractivity contribution >= 4 is 23.5 Å². The van der Waals surface area contributed by atoms with Crippen LogP contribution in [0.5, 0.6) is 0 Å². The third kappa shape index (κ3) is 2.29. The first-order chi connectivity index (χ1) is 10.2. The molecule has 2 aromatic carbocycles. The first kappa shape index (κ1) is 13.1. The Morgan fingerprint density at radius 1 is 0.714 bits per heavy atom. The summed E-state index contributed by atoms with van der Waals surface area (Å²) in [5.74, 6) is -1.62. The van der Waals surface area contributed by atoms with E-state index in [0.717, 1.165) is 15.4 Å². The largest absolute Gasteiger partial charge is 0.339 e. The predicted molar refractivity (Wildman–Crippen MR) is 76.3 cm³/mol. The number of benzene rings is 2. The fraction of sp³-hybridized carbons (Fsp3) is 0.0625. The number of hydrogen-bond acceptors (Lipinski definition) is 3. The smallest absolute Gasteiger partial charge is 0.263 e. The number of nitrogens with zero attached hydrogens (tertiary/aromatic N) is 2. The molecule has 0 N–H and O–H groups in total. The van der Waals surface area contributed by atoms with Gasteiger partial charge in [0.05, 0.1) is 12.2 Å². The number of amides is 4. The molecule has 1 aliphatic rings. The van der Waals surface area contributed by atoms with Gasteiger partial charge in [-0.25, -0.2) is 9.69 Å². The lowest BCUT2D eigenvalue weighted by molar-refractivity contribution is -0.139. The van der Waals surface area contributed by atoms with Gasteiger partial charge < -0.3 is 0 Å². The Morgan fingerprint density at radius 3 is 1.90 bits per heavy atom. The molecule has 0 radical (unpaired) electrons. The Bertz CT molecular complexity index is 698. The van der Waals surface area contributed by atoms with Crippen LogP contribution < -0.4 is 4.90 Å². The van der Waals surface area contributed by atoms with E-state index < -0.39 is 17.8 Å². The normalized spacial score (nSPS) is 15.0. The lowest BCUT2D eigenvalue weighted by atomic mass is 10.2. The molecule has 0 unspecified atom stereocenters. The Kier molecular flexibility index (Phi) is 3.23. The van der Waals surface area contributed by atoms with E-state index in [2.05, 4.69) is 0 Å². The molecule has 0 bridgehead atoms. The van der Waals surface area contributed by atoms with Gasteiger partial charge in [0.2, 0.25) is 0 Å². The van der Waals surface area contributed by atoms with E-state index in [1.54, 1.807) is 42.5 Å². The molecule has 2 aromatic rings. The van der Waals surface area contributed by atoms with Crippen molar-refractivity contribution < 1.29 is 14.4 Å². The summed E-state index contributed by atoms with van der Waals surface area (Å²) in [6.45, 7) is 0.0909. The van der Waals surface area contributed by atoms with Crippen LogP contribution in [0.1, 0.15) is 5.56 Å². The summed E-state index contributed by atoms with van der Waals surface area (Å²) in [5, 5.41) is 0. The molecular formula is C16H12N2O3. The number of anilines is 1. The van der Waals surface area contributed by atoms with E-state index >= 15 is 0 Å². The van der Waals surface area contributed by atoms with Gasteiger partial charge in [-0.2, -0.15) is 0 Å². The lowest BCUT2D eigenvalue weighted by Crippen LogP contribution is -2.33. The van der Waals surface area contributed by atoms with Gasteiger partial charge in [0, 0.05) is 0 Å². The summed E-state index contributed by atoms with van der Waals surface area (Å²) >= 11 is 0. The van der Waals surface area contributed by atoms with E-state index in [-0.39, 0.29) is 6.54 Å². The number of para-hydroxylation sites is 1. The van der Waals surface area contributed by atoms with E-state index in [4.69, 9.17) is 0 Å². The van der Waals surface area contributed by atoms with Crippen LogP contribution in [-0.4, -0.2) is 22.7 Å². The Hall–Kier alpha value is -2.95. The third-order valence-electron chi connectivity index (χ3n) is 3.25. The van der Waals surface area contributed by atoms with Gasteiger partial charge in [-0.1, -0.05) is 48.5 Å². The number of urea groups is 1. The molecule has 5 heteroatoms. The number of carbonyl (C=O) groups is 3. The SMILES string of the molecule is O=C1C(=O)N(c2ccccc2)C(=O)N1Cc1ccccc1. The van der Waals surface area contributed by atoms with Crippen LogP contribution in [0.3, 0.4) is 0 Å². The summed E-state index contributed by atoms with van der Waals surface area (Å²) in [7, 11) is 0. The van der Waals surface area contributed by atoms with Gasteiger partial charge in [-0.05, 0) is 17.7 Å². The first-order valence-corrected chi connectivity index (χ1v) is 6.47. The highest BCUT2D eigenvalue weighted by Gasteiger charge is 2.45. The van der Waals surface area contributed by atoms with Crippen molar-refractivity contribution in [1.82, 2.24) is 4.90 Å².